The molecule has 1 aliphatic rings. The van der Waals surface area contributed by atoms with E-state index in [9.17, 15) is 0 Å². The highest BCUT2D eigenvalue weighted by atomic mass is 35.5. The molecule has 0 radical (unpaired) electrons. The zero-order valence-corrected chi connectivity index (χ0v) is 11.8. The molecule has 2 N–H and O–H groups in total. The second kappa shape index (κ2) is 5.96. The van der Waals surface area contributed by atoms with Gasteiger partial charge in [0.05, 0.1) is 12.7 Å². The van der Waals surface area contributed by atoms with Crippen LogP contribution in [0.5, 0.6) is 0 Å². The monoisotopic (exact) mass is 303 g/mol. The van der Waals surface area contributed by atoms with Gasteiger partial charge in [0.15, 0.2) is 5.58 Å². The van der Waals surface area contributed by atoms with Crippen molar-refractivity contribution in [3.8, 4) is 0 Å². The summed E-state index contributed by atoms with van der Waals surface area (Å²) in [6.45, 7) is 2.61. The normalized spacial score (nSPS) is 19.5. The van der Waals surface area contributed by atoms with E-state index in [4.69, 9.17) is 26.5 Å². The first-order valence-corrected chi connectivity index (χ1v) is 6.27. The molecule has 1 saturated heterocycles. The zero-order chi connectivity index (χ0) is 12.5. The van der Waals surface area contributed by atoms with Crippen LogP contribution >= 0.6 is 24.0 Å². The summed E-state index contributed by atoms with van der Waals surface area (Å²) in [5.41, 5.74) is 7.13. The molecule has 0 amide bonds. The lowest BCUT2D eigenvalue weighted by atomic mass is 10.3. The Balaban J connectivity index is 0.00000133. The van der Waals surface area contributed by atoms with Gasteiger partial charge in [-0.15, -0.1) is 12.4 Å². The number of nitrogens with zero attached hydrogens (tertiary/aromatic N) is 2. The Morgan fingerprint density at radius 3 is 3.11 bits per heavy atom. The van der Waals surface area contributed by atoms with E-state index in [-0.39, 0.29) is 18.5 Å². The summed E-state index contributed by atoms with van der Waals surface area (Å²) < 4.78 is 11.2. The van der Waals surface area contributed by atoms with Crippen LogP contribution in [0.25, 0.3) is 11.1 Å². The van der Waals surface area contributed by atoms with E-state index in [0.717, 1.165) is 17.6 Å². The van der Waals surface area contributed by atoms with Gasteiger partial charge in [-0.25, -0.2) is 0 Å². The molecule has 1 aliphatic heterocycles. The summed E-state index contributed by atoms with van der Waals surface area (Å²) in [6.07, 6.45) is 0.0392. The lowest BCUT2D eigenvalue weighted by Crippen LogP contribution is -2.45. The van der Waals surface area contributed by atoms with E-state index >= 15 is 0 Å². The van der Waals surface area contributed by atoms with Crippen molar-refractivity contribution in [1.82, 2.24) is 4.98 Å². The van der Waals surface area contributed by atoms with Crippen molar-refractivity contribution in [2.45, 2.75) is 6.10 Å². The summed E-state index contributed by atoms with van der Waals surface area (Å²) in [4.78, 5) is 6.49. The van der Waals surface area contributed by atoms with E-state index in [1.54, 1.807) is 12.1 Å². The molecule has 0 spiro atoms. The first-order chi connectivity index (χ1) is 8.76. The number of rotatable bonds is 2. The molecule has 0 bridgehead atoms. The Kier molecular flexibility index (Phi) is 4.52. The molecule has 1 aromatic heterocycles. The van der Waals surface area contributed by atoms with Gasteiger partial charge >= 0.3 is 0 Å². The summed E-state index contributed by atoms with van der Waals surface area (Å²) in [6, 6.07) is 6.02. The highest BCUT2D eigenvalue weighted by Gasteiger charge is 2.23. The second-order valence-corrected chi connectivity index (χ2v) is 4.72. The molecule has 1 unspecified atom stereocenters. The number of hydrogen-bond acceptors (Lipinski definition) is 5. The van der Waals surface area contributed by atoms with Crippen molar-refractivity contribution in [3.63, 3.8) is 0 Å². The minimum Gasteiger partial charge on any atom is -0.423 e. The predicted octanol–water partition coefficient (Wildman–Crippen LogP) is 2.07. The van der Waals surface area contributed by atoms with E-state index in [0.29, 0.717) is 30.7 Å². The van der Waals surface area contributed by atoms with Crippen LogP contribution in [0.4, 0.5) is 6.01 Å². The van der Waals surface area contributed by atoms with Crippen LogP contribution in [0.1, 0.15) is 0 Å². The van der Waals surface area contributed by atoms with Crippen LogP contribution in [-0.2, 0) is 4.74 Å². The number of ether oxygens (including phenoxy) is 1. The number of anilines is 1. The average Bonchev–Trinajstić information content (AvgIpc) is 2.81. The number of morpholine rings is 1. The molecule has 3 rings (SSSR count). The lowest BCUT2D eigenvalue weighted by Gasteiger charge is -2.30. The van der Waals surface area contributed by atoms with Crippen molar-refractivity contribution in [3.05, 3.63) is 23.2 Å². The molecule has 0 saturated carbocycles. The molecule has 7 heteroatoms. The Labute approximate surface area is 122 Å². The van der Waals surface area contributed by atoms with Gasteiger partial charge in [0, 0.05) is 24.7 Å². The first kappa shape index (κ1) is 14.4. The van der Waals surface area contributed by atoms with Crippen LogP contribution in [0, 0.1) is 0 Å². The molecule has 0 aliphatic carbocycles. The van der Waals surface area contributed by atoms with Crippen molar-refractivity contribution < 1.29 is 9.15 Å². The summed E-state index contributed by atoms with van der Waals surface area (Å²) in [7, 11) is 0. The fourth-order valence-electron chi connectivity index (χ4n) is 2.06. The van der Waals surface area contributed by atoms with E-state index in [2.05, 4.69) is 9.88 Å². The molecule has 1 aromatic carbocycles. The first-order valence-electron chi connectivity index (χ1n) is 5.89. The van der Waals surface area contributed by atoms with Crippen molar-refractivity contribution in [2.24, 2.45) is 5.73 Å². The standard InChI is InChI=1S/C12H14ClN3O2.ClH/c13-8-1-2-11-10(5-8)15-12(18-11)16-3-4-17-9(6-14)7-16;/h1-2,5,9H,3-4,6-7,14H2;1H. The Bertz CT molecular complexity index is 561. The van der Waals surface area contributed by atoms with E-state index in [1.807, 2.05) is 6.07 Å². The largest absolute Gasteiger partial charge is 0.423 e. The Morgan fingerprint density at radius 1 is 1.47 bits per heavy atom. The van der Waals surface area contributed by atoms with E-state index in [1.165, 1.54) is 0 Å². The van der Waals surface area contributed by atoms with Crippen LogP contribution in [0.15, 0.2) is 22.6 Å². The quantitative estimate of drug-likeness (QED) is 0.920. The maximum atomic E-state index is 5.93. The summed E-state index contributed by atoms with van der Waals surface area (Å²) in [5.74, 6) is 0. The number of nitrogens with two attached hydrogens (primary N) is 1. The molecule has 1 atom stereocenters. The van der Waals surface area contributed by atoms with Gasteiger partial charge in [-0.2, -0.15) is 4.98 Å². The van der Waals surface area contributed by atoms with Crippen molar-refractivity contribution >= 4 is 41.1 Å². The van der Waals surface area contributed by atoms with Crippen LogP contribution in [0.2, 0.25) is 5.02 Å². The zero-order valence-electron chi connectivity index (χ0n) is 10.2. The molecule has 1 fully saturated rings. The van der Waals surface area contributed by atoms with Gasteiger partial charge in [-0.1, -0.05) is 11.6 Å². The third-order valence-corrected chi connectivity index (χ3v) is 3.25. The molecule has 2 aromatic rings. The molecule has 2 heterocycles. The topological polar surface area (TPSA) is 64.5 Å². The highest BCUT2D eigenvalue weighted by molar-refractivity contribution is 6.31. The number of benzene rings is 1. The number of oxazole rings is 1. The SMILES string of the molecule is Cl.NCC1CN(c2nc3cc(Cl)ccc3o2)CCO1. The fraction of sp³-hybridized carbons (Fsp3) is 0.417. The van der Waals surface area contributed by atoms with Gasteiger partial charge in [-0.05, 0) is 18.2 Å². The molecule has 104 valence electrons. The third-order valence-electron chi connectivity index (χ3n) is 3.01. The number of aromatic nitrogens is 1. The maximum absolute atomic E-state index is 5.93. The van der Waals surface area contributed by atoms with Gasteiger partial charge in [0.1, 0.15) is 5.52 Å². The van der Waals surface area contributed by atoms with E-state index < -0.39 is 0 Å². The van der Waals surface area contributed by atoms with Gasteiger partial charge < -0.3 is 19.8 Å². The van der Waals surface area contributed by atoms with Gasteiger partial charge in [0.2, 0.25) is 0 Å². The minimum absolute atomic E-state index is 0. The smallest absolute Gasteiger partial charge is 0.298 e. The highest BCUT2D eigenvalue weighted by Crippen LogP contribution is 2.25. The molecule has 19 heavy (non-hydrogen) atoms. The van der Waals surface area contributed by atoms with Gasteiger partial charge in [0.25, 0.3) is 6.01 Å². The fourth-order valence-corrected chi connectivity index (χ4v) is 2.23. The van der Waals surface area contributed by atoms with Crippen molar-refractivity contribution in [1.29, 1.82) is 0 Å². The lowest BCUT2D eigenvalue weighted by molar-refractivity contribution is 0.0449. The predicted molar refractivity (Wildman–Crippen MR) is 77.3 cm³/mol. The third kappa shape index (κ3) is 2.95. The van der Waals surface area contributed by atoms with Crippen LogP contribution in [-0.4, -0.2) is 37.3 Å². The van der Waals surface area contributed by atoms with Crippen molar-refractivity contribution in [2.75, 3.05) is 31.1 Å². The Hall–Kier alpha value is -1.01. The van der Waals surface area contributed by atoms with Crippen LogP contribution in [0.3, 0.4) is 0 Å². The molecular formula is C12H15Cl2N3O2. The minimum atomic E-state index is 0. The molecule has 5 nitrogen and oxygen atoms in total. The Morgan fingerprint density at radius 2 is 2.32 bits per heavy atom. The average molecular weight is 304 g/mol. The van der Waals surface area contributed by atoms with Crippen LogP contribution < -0.4 is 10.6 Å². The molecular weight excluding hydrogens is 289 g/mol. The maximum Gasteiger partial charge on any atom is 0.298 e. The number of halogens is 2. The summed E-state index contributed by atoms with van der Waals surface area (Å²) in [5, 5.41) is 0.657. The number of fused-ring (bicyclic) bond motifs is 1. The second-order valence-electron chi connectivity index (χ2n) is 4.28. The summed E-state index contributed by atoms with van der Waals surface area (Å²) >= 11 is 5.93. The van der Waals surface area contributed by atoms with Gasteiger partial charge in [-0.3, -0.25) is 0 Å². The number of hydrogen-bond donors (Lipinski definition) is 1.